The Kier molecular flexibility index (Phi) is 10.9. The van der Waals surface area contributed by atoms with Gasteiger partial charge < -0.3 is 16.0 Å². The lowest BCUT2D eigenvalue weighted by Crippen LogP contribution is -2.39. The van der Waals surface area contributed by atoms with E-state index in [0.717, 1.165) is 48.1 Å². The molecule has 1 atom stereocenters. The second-order valence-corrected chi connectivity index (χ2v) is 9.30. The molecule has 2 aromatic rings. The Bertz CT molecular complexity index is 852. The first-order valence-corrected chi connectivity index (χ1v) is 12.3. The predicted octanol–water partition coefficient (Wildman–Crippen LogP) is 6.88. The highest BCUT2D eigenvalue weighted by atomic mass is 16.2. The normalized spacial score (nSPS) is 12.0. The molecule has 0 fully saturated rings. The van der Waals surface area contributed by atoms with E-state index in [4.69, 9.17) is 0 Å². The lowest BCUT2D eigenvalue weighted by Gasteiger charge is -2.22. The van der Waals surface area contributed by atoms with Crippen molar-refractivity contribution in [3.8, 4) is 0 Å². The summed E-state index contributed by atoms with van der Waals surface area (Å²) in [5, 5.41) is 9.17. The Labute approximate surface area is 199 Å². The molecule has 0 aliphatic heterocycles. The molecule has 0 saturated heterocycles. The fourth-order valence-corrected chi connectivity index (χ4v) is 3.96. The van der Waals surface area contributed by atoms with Gasteiger partial charge >= 0.3 is 6.03 Å². The summed E-state index contributed by atoms with van der Waals surface area (Å²) in [5.74, 6) is 0.612. The molecule has 2 aromatic carbocycles. The van der Waals surface area contributed by atoms with Gasteiger partial charge in [0.25, 0.3) is 0 Å². The standard InChI is InChI=1S/C28H41N3O2/c1-6-7-8-12-18-26(32)30-25(22-14-10-9-11-15-22)19-29-28(33)31-27-23(20(2)3)16-13-17-24(27)21(4)5/h9-11,13-17,20-21,25H,6-8,12,18-19H2,1-5H3,(H,30,32)(H2,29,31,33). The zero-order chi connectivity index (χ0) is 24.2. The van der Waals surface area contributed by atoms with E-state index in [9.17, 15) is 9.59 Å². The highest BCUT2D eigenvalue weighted by Crippen LogP contribution is 2.32. The molecule has 0 aromatic heterocycles. The number of hydrogen-bond acceptors (Lipinski definition) is 2. The molecule has 0 radical (unpaired) electrons. The smallest absolute Gasteiger partial charge is 0.319 e. The largest absolute Gasteiger partial charge is 0.348 e. The van der Waals surface area contributed by atoms with Crippen LogP contribution in [0.5, 0.6) is 0 Å². The highest BCUT2D eigenvalue weighted by Gasteiger charge is 2.18. The Balaban J connectivity index is 2.07. The average Bonchev–Trinajstić information content (AvgIpc) is 2.79. The van der Waals surface area contributed by atoms with Gasteiger partial charge in [-0.15, -0.1) is 0 Å². The van der Waals surface area contributed by atoms with Gasteiger partial charge in [0.1, 0.15) is 0 Å². The fraction of sp³-hybridized carbons (Fsp3) is 0.500. The van der Waals surface area contributed by atoms with Crippen molar-refractivity contribution in [3.05, 3.63) is 65.2 Å². The van der Waals surface area contributed by atoms with Crippen LogP contribution < -0.4 is 16.0 Å². The zero-order valence-corrected chi connectivity index (χ0v) is 20.9. The van der Waals surface area contributed by atoms with Crippen molar-refractivity contribution in [3.63, 3.8) is 0 Å². The van der Waals surface area contributed by atoms with Gasteiger partial charge in [0.2, 0.25) is 5.91 Å². The zero-order valence-electron chi connectivity index (χ0n) is 20.9. The summed E-state index contributed by atoms with van der Waals surface area (Å²) in [6, 6.07) is 15.4. The molecule has 2 rings (SSSR count). The first kappa shape index (κ1) is 26.4. The van der Waals surface area contributed by atoms with E-state index in [1.165, 1.54) is 0 Å². The molecule has 180 valence electrons. The van der Waals surface area contributed by atoms with Gasteiger partial charge in [0.05, 0.1) is 6.04 Å². The number of amides is 3. The monoisotopic (exact) mass is 451 g/mol. The van der Waals surface area contributed by atoms with Crippen LogP contribution in [-0.2, 0) is 4.79 Å². The number of carbonyl (C=O) groups excluding carboxylic acids is 2. The van der Waals surface area contributed by atoms with Crippen molar-refractivity contribution >= 4 is 17.6 Å². The van der Waals surface area contributed by atoms with E-state index in [-0.39, 0.29) is 18.0 Å². The number of para-hydroxylation sites is 1. The SMILES string of the molecule is CCCCCCC(=O)NC(CNC(=O)Nc1c(C(C)C)cccc1C(C)C)c1ccccc1. The van der Waals surface area contributed by atoms with Gasteiger partial charge in [0, 0.05) is 18.7 Å². The first-order chi connectivity index (χ1) is 15.8. The Hall–Kier alpha value is -2.82. The number of nitrogens with one attached hydrogen (secondary N) is 3. The summed E-state index contributed by atoms with van der Waals surface area (Å²) in [6.45, 7) is 11.0. The van der Waals surface area contributed by atoms with Crippen molar-refractivity contribution in [2.24, 2.45) is 0 Å². The highest BCUT2D eigenvalue weighted by molar-refractivity contribution is 5.91. The van der Waals surface area contributed by atoms with Crippen LogP contribution in [0, 0.1) is 0 Å². The summed E-state index contributed by atoms with van der Waals surface area (Å²) in [4.78, 5) is 25.4. The number of benzene rings is 2. The van der Waals surface area contributed by atoms with Gasteiger partial charge in [-0.3, -0.25) is 4.79 Å². The molecule has 33 heavy (non-hydrogen) atoms. The maximum atomic E-state index is 12.9. The van der Waals surface area contributed by atoms with Gasteiger partial charge in [-0.25, -0.2) is 4.79 Å². The molecule has 0 saturated carbocycles. The first-order valence-electron chi connectivity index (χ1n) is 12.3. The second-order valence-electron chi connectivity index (χ2n) is 9.30. The van der Waals surface area contributed by atoms with Gasteiger partial charge in [-0.05, 0) is 34.9 Å². The Morgan fingerprint density at radius 2 is 1.45 bits per heavy atom. The fourth-order valence-electron chi connectivity index (χ4n) is 3.96. The molecule has 0 heterocycles. The number of hydrogen-bond donors (Lipinski definition) is 3. The molecule has 3 amide bonds. The number of rotatable bonds is 12. The van der Waals surface area contributed by atoms with E-state index < -0.39 is 0 Å². The van der Waals surface area contributed by atoms with Gasteiger partial charge in [-0.1, -0.05) is 102 Å². The number of carbonyl (C=O) groups is 2. The third-order valence-electron chi connectivity index (χ3n) is 5.87. The Morgan fingerprint density at radius 1 is 0.818 bits per heavy atom. The number of urea groups is 1. The molecule has 3 N–H and O–H groups in total. The van der Waals surface area contributed by atoms with E-state index in [1.807, 2.05) is 30.3 Å². The van der Waals surface area contributed by atoms with E-state index in [2.05, 4.69) is 68.8 Å². The molecular formula is C28H41N3O2. The van der Waals surface area contributed by atoms with Gasteiger partial charge in [-0.2, -0.15) is 0 Å². The maximum Gasteiger partial charge on any atom is 0.319 e. The Morgan fingerprint density at radius 3 is 2.03 bits per heavy atom. The average molecular weight is 452 g/mol. The van der Waals surface area contributed by atoms with Crippen molar-refractivity contribution in [2.75, 3.05) is 11.9 Å². The minimum Gasteiger partial charge on any atom is -0.348 e. The molecule has 0 spiro atoms. The minimum absolute atomic E-state index is 0.0226. The maximum absolute atomic E-state index is 12.9. The summed E-state index contributed by atoms with van der Waals surface area (Å²) >= 11 is 0. The number of unbranched alkanes of at least 4 members (excludes halogenated alkanes) is 3. The molecule has 0 bridgehead atoms. The van der Waals surface area contributed by atoms with Crippen molar-refractivity contribution in [1.82, 2.24) is 10.6 Å². The van der Waals surface area contributed by atoms with Crippen LogP contribution in [0.15, 0.2) is 48.5 Å². The minimum atomic E-state index is -0.277. The molecule has 5 heteroatoms. The lowest BCUT2D eigenvalue weighted by molar-refractivity contribution is -0.121. The van der Waals surface area contributed by atoms with Gasteiger partial charge in [0.15, 0.2) is 0 Å². The molecular weight excluding hydrogens is 410 g/mol. The quantitative estimate of drug-likeness (QED) is 0.308. The molecule has 0 aliphatic rings. The van der Waals surface area contributed by atoms with Crippen molar-refractivity contribution < 1.29 is 9.59 Å². The van der Waals surface area contributed by atoms with E-state index in [0.29, 0.717) is 24.8 Å². The van der Waals surface area contributed by atoms with Crippen LogP contribution in [0.1, 0.15) is 101 Å². The van der Waals surface area contributed by atoms with E-state index >= 15 is 0 Å². The van der Waals surface area contributed by atoms with Crippen LogP contribution in [0.25, 0.3) is 0 Å². The topological polar surface area (TPSA) is 70.2 Å². The van der Waals surface area contributed by atoms with Crippen molar-refractivity contribution in [1.29, 1.82) is 0 Å². The third-order valence-corrected chi connectivity index (χ3v) is 5.87. The van der Waals surface area contributed by atoms with Crippen LogP contribution in [0.4, 0.5) is 10.5 Å². The summed E-state index contributed by atoms with van der Waals surface area (Å²) in [6.07, 6.45) is 4.75. The third kappa shape index (κ3) is 8.56. The summed E-state index contributed by atoms with van der Waals surface area (Å²) in [5.41, 5.74) is 4.11. The molecule has 5 nitrogen and oxygen atoms in total. The molecule has 0 aliphatic carbocycles. The molecule has 1 unspecified atom stereocenters. The summed E-state index contributed by atoms with van der Waals surface area (Å²) in [7, 11) is 0. The summed E-state index contributed by atoms with van der Waals surface area (Å²) < 4.78 is 0. The van der Waals surface area contributed by atoms with E-state index in [1.54, 1.807) is 0 Å². The van der Waals surface area contributed by atoms with Crippen molar-refractivity contribution in [2.45, 2.75) is 84.6 Å². The second kappa shape index (κ2) is 13.7. The van der Waals surface area contributed by atoms with Crippen LogP contribution in [0.3, 0.4) is 0 Å². The lowest BCUT2D eigenvalue weighted by atomic mass is 9.93. The van der Waals surface area contributed by atoms with Crippen LogP contribution >= 0.6 is 0 Å². The number of anilines is 1. The van der Waals surface area contributed by atoms with Crippen LogP contribution in [-0.4, -0.2) is 18.5 Å². The van der Waals surface area contributed by atoms with Crippen LogP contribution in [0.2, 0.25) is 0 Å². The predicted molar refractivity (Wildman–Crippen MR) is 138 cm³/mol.